The van der Waals surface area contributed by atoms with Crippen molar-refractivity contribution >= 4 is 36.6 Å². The van der Waals surface area contributed by atoms with Crippen LogP contribution in [0.5, 0.6) is 5.75 Å². The van der Waals surface area contributed by atoms with E-state index in [2.05, 4.69) is 4.98 Å². The number of imide groups is 1. The average Bonchev–Trinajstić information content (AvgIpc) is 3.24. The number of cyclic esters (lactones) is 1. The molecular formula is C26H22ClN3O5. The van der Waals surface area contributed by atoms with Crippen molar-refractivity contribution in [2.24, 2.45) is 0 Å². The van der Waals surface area contributed by atoms with E-state index >= 15 is 0 Å². The van der Waals surface area contributed by atoms with Gasteiger partial charge in [-0.1, -0.05) is 66.7 Å². The van der Waals surface area contributed by atoms with Crippen molar-refractivity contribution in [1.29, 1.82) is 0 Å². The average molecular weight is 492 g/mol. The second-order valence-electron chi connectivity index (χ2n) is 7.88. The van der Waals surface area contributed by atoms with Crippen molar-refractivity contribution < 1.29 is 23.9 Å². The topological polar surface area (TPSA) is 89.0 Å². The van der Waals surface area contributed by atoms with Crippen molar-refractivity contribution in [1.82, 2.24) is 14.8 Å². The first kappa shape index (κ1) is 24.0. The first-order chi connectivity index (χ1) is 16.6. The number of likely N-dealkylation sites (tertiary alicyclic amines) is 1. The summed E-state index contributed by atoms with van der Waals surface area (Å²) in [6.07, 6.45) is 5.39. The molecule has 0 N–H and O–H groups in total. The third-order valence-corrected chi connectivity index (χ3v) is 5.82. The van der Waals surface area contributed by atoms with E-state index in [9.17, 15) is 14.4 Å². The van der Waals surface area contributed by atoms with Crippen LogP contribution < -0.4 is 4.74 Å². The number of rotatable bonds is 5. The summed E-state index contributed by atoms with van der Waals surface area (Å²) in [5.41, 5.74) is 1.64. The minimum Gasteiger partial charge on any atom is -0.447 e. The smallest absolute Gasteiger partial charge is 0.422 e. The van der Waals surface area contributed by atoms with Crippen molar-refractivity contribution in [2.75, 3.05) is 6.61 Å². The highest BCUT2D eigenvalue weighted by molar-refractivity contribution is 6.04. The predicted molar refractivity (Wildman–Crippen MR) is 130 cm³/mol. The highest BCUT2D eigenvalue weighted by Crippen LogP contribution is 2.37. The Balaban J connectivity index is 0.00000289. The summed E-state index contributed by atoms with van der Waals surface area (Å²) in [5, 5.41) is 0. The van der Waals surface area contributed by atoms with Gasteiger partial charge in [0.1, 0.15) is 18.4 Å². The maximum atomic E-state index is 13.3. The predicted octanol–water partition coefficient (Wildman–Crippen LogP) is 4.49. The molecule has 2 aromatic carbocycles. The Labute approximate surface area is 208 Å². The number of carbonyl (C=O) groups excluding carboxylic acids is 3. The number of hydrogen-bond acceptors (Lipinski definition) is 6. The molecule has 5 rings (SSSR count). The number of halogens is 1. The van der Waals surface area contributed by atoms with Crippen molar-refractivity contribution in [3.05, 3.63) is 102 Å². The molecule has 0 spiro atoms. The number of ether oxygens (including phenoxy) is 2. The quantitative estimate of drug-likeness (QED) is 0.489. The number of carbonyl (C=O) groups is 3. The van der Waals surface area contributed by atoms with Gasteiger partial charge < -0.3 is 9.47 Å². The van der Waals surface area contributed by atoms with E-state index in [4.69, 9.17) is 9.47 Å². The van der Waals surface area contributed by atoms with Gasteiger partial charge in [-0.15, -0.1) is 12.4 Å². The van der Waals surface area contributed by atoms with Crippen LogP contribution in [0.2, 0.25) is 0 Å². The van der Waals surface area contributed by atoms with E-state index < -0.39 is 36.2 Å². The van der Waals surface area contributed by atoms with Gasteiger partial charge in [-0.3, -0.25) is 14.7 Å². The largest absolute Gasteiger partial charge is 0.447 e. The Kier molecular flexibility index (Phi) is 7.12. The summed E-state index contributed by atoms with van der Waals surface area (Å²) in [7, 11) is 0. The molecule has 178 valence electrons. The van der Waals surface area contributed by atoms with Crippen LogP contribution in [0.15, 0.2) is 91.3 Å². The van der Waals surface area contributed by atoms with Crippen LogP contribution >= 0.6 is 12.4 Å². The number of pyridine rings is 1. The molecule has 0 radical (unpaired) electrons. The highest BCUT2D eigenvalue weighted by atomic mass is 35.5. The second kappa shape index (κ2) is 10.4. The van der Waals surface area contributed by atoms with Gasteiger partial charge in [0.15, 0.2) is 0 Å². The number of amides is 3. The van der Waals surface area contributed by atoms with E-state index in [-0.39, 0.29) is 19.0 Å². The zero-order chi connectivity index (χ0) is 23.5. The van der Waals surface area contributed by atoms with Crippen LogP contribution in [0.3, 0.4) is 0 Å². The number of aromatic nitrogens is 1. The highest BCUT2D eigenvalue weighted by Gasteiger charge is 2.58. The lowest BCUT2D eigenvalue weighted by atomic mass is 9.91. The van der Waals surface area contributed by atoms with Crippen molar-refractivity contribution in [3.8, 4) is 5.75 Å². The number of nitrogens with zero attached hydrogens (tertiary/aromatic N) is 3. The summed E-state index contributed by atoms with van der Waals surface area (Å²) in [4.78, 5) is 45.4. The molecule has 3 amide bonds. The van der Waals surface area contributed by atoms with Gasteiger partial charge in [0, 0.05) is 12.4 Å². The standard InChI is InChI=1S/C26H21N3O5.ClH/c30-24-23(28-22(17-33-25(28)31)19-9-3-1-4-10-19)21(14-13-18-8-7-15-27-16-18)29(24)26(32)34-20-11-5-2-6-12-20;/h1-16,21-23H,17H2;1H/b14-13+;/t21-,22-,23-;/m1./s1. The van der Waals surface area contributed by atoms with Gasteiger partial charge in [0.2, 0.25) is 0 Å². The summed E-state index contributed by atoms with van der Waals surface area (Å²) in [5.74, 6) is -0.206. The fourth-order valence-electron chi connectivity index (χ4n) is 4.18. The molecule has 0 unspecified atom stereocenters. The molecular weight excluding hydrogens is 470 g/mol. The number of para-hydroxylation sites is 1. The zero-order valence-electron chi connectivity index (χ0n) is 18.5. The normalized spacial score (nSPS) is 21.3. The Morgan fingerprint density at radius 2 is 1.71 bits per heavy atom. The van der Waals surface area contributed by atoms with E-state index in [0.29, 0.717) is 5.75 Å². The van der Waals surface area contributed by atoms with Crippen LogP contribution in [0.4, 0.5) is 9.59 Å². The molecule has 2 aliphatic heterocycles. The minimum atomic E-state index is -0.906. The van der Waals surface area contributed by atoms with E-state index in [1.807, 2.05) is 36.4 Å². The molecule has 8 nitrogen and oxygen atoms in total. The third kappa shape index (κ3) is 4.74. The summed E-state index contributed by atoms with van der Waals surface area (Å²) < 4.78 is 10.7. The molecule has 0 saturated carbocycles. The lowest BCUT2D eigenvalue weighted by Crippen LogP contribution is -2.72. The number of benzene rings is 2. The van der Waals surface area contributed by atoms with Crippen LogP contribution in [-0.4, -0.2) is 51.6 Å². The minimum absolute atomic E-state index is 0. The molecule has 2 aliphatic rings. The van der Waals surface area contributed by atoms with Crippen LogP contribution in [-0.2, 0) is 9.53 Å². The Bertz CT molecular complexity index is 1220. The summed E-state index contributed by atoms with van der Waals surface area (Å²) in [6, 6.07) is 19.4. The van der Waals surface area contributed by atoms with Gasteiger partial charge >= 0.3 is 12.2 Å². The summed E-state index contributed by atoms with van der Waals surface area (Å²) in [6.45, 7) is 0.125. The van der Waals surface area contributed by atoms with Crippen molar-refractivity contribution in [2.45, 2.75) is 18.1 Å². The van der Waals surface area contributed by atoms with Crippen LogP contribution in [0.1, 0.15) is 17.2 Å². The Hall–Kier alpha value is -4.17. The van der Waals surface area contributed by atoms with E-state index in [0.717, 1.165) is 16.0 Å². The van der Waals surface area contributed by atoms with Gasteiger partial charge in [0.05, 0.1) is 12.1 Å². The van der Waals surface area contributed by atoms with Gasteiger partial charge in [-0.2, -0.15) is 0 Å². The summed E-state index contributed by atoms with van der Waals surface area (Å²) >= 11 is 0. The zero-order valence-corrected chi connectivity index (χ0v) is 19.3. The molecule has 3 atom stereocenters. The molecule has 2 fully saturated rings. The molecule has 3 aromatic rings. The molecule has 0 aliphatic carbocycles. The third-order valence-electron chi connectivity index (χ3n) is 5.82. The molecule has 1 aromatic heterocycles. The molecule has 35 heavy (non-hydrogen) atoms. The SMILES string of the molecule is Cl.O=C(Oc1ccccc1)N1C(=O)[C@H](N2C(=O)OC[C@@H]2c2ccccc2)[C@H]1/C=C/c1cccnc1. The number of hydrogen-bond donors (Lipinski definition) is 0. The molecule has 9 heteroatoms. The maximum absolute atomic E-state index is 13.3. The fourth-order valence-corrected chi connectivity index (χ4v) is 4.18. The second-order valence-corrected chi connectivity index (χ2v) is 7.88. The first-order valence-corrected chi connectivity index (χ1v) is 10.8. The fraction of sp³-hybridized carbons (Fsp3) is 0.154. The Morgan fingerprint density at radius 1 is 1.00 bits per heavy atom. The lowest BCUT2D eigenvalue weighted by Gasteiger charge is -2.47. The van der Waals surface area contributed by atoms with Crippen LogP contribution in [0.25, 0.3) is 6.08 Å². The number of β-lactam (4-membered cyclic amide) rings is 1. The monoisotopic (exact) mass is 491 g/mol. The first-order valence-electron chi connectivity index (χ1n) is 10.8. The van der Waals surface area contributed by atoms with Crippen LogP contribution in [0, 0.1) is 0 Å². The Morgan fingerprint density at radius 3 is 2.40 bits per heavy atom. The van der Waals surface area contributed by atoms with E-state index in [1.165, 1.54) is 4.90 Å². The van der Waals surface area contributed by atoms with Gasteiger partial charge in [-0.25, -0.2) is 14.5 Å². The maximum Gasteiger partial charge on any atom is 0.422 e. The van der Waals surface area contributed by atoms with E-state index in [1.54, 1.807) is 60.9 Å². The van der Waals surface area contributed by atoms with Gasteiger partial charge in [-0.05, 0) is 29.3 Å². The van der Waals surface area contributed by atoms with Crippen molar-refractivity contribution in [3.63, 3.8) is 0 Å². The molecule has 2 saturated heterocycles. The van der Waals surface area contributed by atoms with Gasteiger partial charge in [0.25, 0.3) is 5.91 Å². The lowest BCUT2D eigenvalue weighted by molar-refractivity contribution is -0.150. The molecule has 0 bridgehead atoms. The molecule has 3 heterocycles.